The molecule has 3 rings (SSSR count). The Morgan fingerprint density at radius 2 is 2.00 bits per heavy atom. The second-order valence-corrected chi connectivity index (χ2v) is 7.28. The second-order valence-electron chi connectivity index (χ2n) is 6.12. The number of amides is 2. The van der Waals surface area contributed by atoms with E-state index in [-0.39, 0.29) is 24.2 Å². The van der Waals surface area contributed by atoms with Gasteiger partial charge in [0.2, 0.25) is 16.9 Å². The Morgan fingerprint density at radius 3 is 2.64 bits per heavy atom. The number of hydrogen-bond acceptors (Lipinski definition) is 7. The van der Waals surface area contributed by atoms with Gasteiger partial charge in [0.15, 0.2) is 0 Å². The standard InChI is InChI=1S/C16H20N6O2S/c1-9-6-10(2)19-13(18-9)4-5-17-15(24)12-7-14(23)22(8-12)16-21-20-11(3)25-16/h6,12H,4-5,7-8H2,1-3H3,(H,17,24). The van der Waals surface area contributed by atoms with E-state index in [1.54, 1.807) is 4.90 Å². The topological polar surface area (TPSA) is 101 Å². The van der Waals surface area contributed by atoms with Gasteiger partial charge in [-0.25, -0.2) is 9.97 Å². The molecule has 1 unspecified atom stereocenters. The van der Waals surface area contributed by atoms with Gasteiger partial charge < -0.3 is 5.32 Å². The molecule has 9 heteroatoms. The lowest BCUT2D eigenvalue weighted by molar-refractivity contribution is -0.126. The number of carbonyl (C=O) groups is 2. The first-order chi connectivity index (χ1) is 11.9. The van der Waals surface area contributed by atoms with Crippen molar-refractivity contribution >= 4 is 28.3 Å². The number of anilines is 1. The Kier molecular flexibility index (Phi) is 5.03. The summed E-state index contributed by atoms with van der Waals surface area (Å²) in [5, 5.41) is 12.1. The van der Waals surface area contributed by atoms with Crippen molar-refractivity contribution in [2.45, 2.75) is 33.6 Å². The minimum absolute atomic E-state index is 0.0889. The minimum atomic E-state index is -0.364. The maximum atomic E-state index is 12.3. The number of rotatable bonds is 5. The SMILES string of the molecule is Cc1cc(C)nc(CCNC(=O)C2CC(=O)N(c3nnc(C)s3)C2)n1. The molecule has 2 amide bonds. The summed E-state index contributed by atoms with van der Waals surface area (Å²) < 4.78 is 0. The van der Waals surface area contributed by atoms with Crippen LogP contribution in [0.4, 0.5) is 5.13 Å². The number of carbonyl (C=O) groups excluding carboxylic acids is 2. The van der Waals surface area contributed by atoms with Crippen molar-refractivity contribution in [3.8, 4) is 0 Å². The van der Waals surface area contributed by atoms with Crippen LogP contribution in [-0.4, -0.2) is 45.1 Å². The van der Waals surface area contributed by atoms with E-state index in [2.05, 4.69) is 25.5 Å². The van der Waals surface area contributed by atoms with Gasteiger partial charge in [0, 0.05) is 37.3 Å². The number of aryl methyl sites for hydroxylation is 3. The van der Waals surface area contributed by atoms with Crippen LogP contribution < -0.4 is 10.2 Å². The van der Waals surface area contributed by atoms with Gasteiger partial charge in [-0.15, -0.1) is 10.2 Å². The highest BCUT2D eigenvalue weighted by Gasteiger charge is 2.36. The summed E-state index contributed by atoms with van der Waals surface area (Å²) in [5.74, 6) is 0.138. The first-order valence-corrected chi connectivity index (χ1v) is 8.93. The molecule has 1 aliphatic heterocycles. The summed E-state index contributed by atoms with van der Waals surface area (Å²) in [5.41, 5.74) is 1.83. The third-order valence-electron chi connectivity index (χ3n) is 3.92. The molecule has 1 atom stereocenters. The minimum Gasteiger partial charge on any atom is -0.355 e. The van der Waals surface area contributed by atoms with Gasteiger partial charge in [-0.2, -0.15) is 0 Å². The highest BCUT2D eigenvalue weighted by molar-refractivity contribution is 7.15. The Hall–Kier alpha value is -2.42. The number of hydrogen-bond donors (Lipinski definition) is 1. The van der Waals surface area contributed by atoms with Gasteiger partial charge in [0.25, 0.3) is 0 Å². The maximum Gasteiger partial charge on any atom is 0.229 e. The monoisotopic (exact) mass is 360 g/mol. The molecule has 0 saturated carbocycles. The van der Waals surface area contributed by atoms with E-state index >= 15 is 0 Å². The average molecular weight is 360 g/mol. The van der Waals surface area contributed by atoms with Crippen LogP contribution in [0.15, 0.2) is 6.07 Å². The summed E-state index contributed by atoms with van der Waals surface area (Å²) in [7, 11) is 0. The normalized spacial score (nSPS) is 17.2. The first-order valence-electron chi connectivity index (χ1n) is 8.11. The molecule has 2 aromatic heterocycles. The fourth-order valence-corrected chi connectivity index (χ4v) is 3.53. The predicted octanol–water partition coefficient (Wildman–Crippen LogP) is 0.965. The summed E-state index contributed by atoms with van der Waals surface area (Å²) in [4.78, 5) is 34.7. The van der Waals surface area contributed by atoms with Crippen LogP contribution in [0.2, 0.25) is 0 Å². The van der Waals surface area contributed by atoms with E-state index in [0.29, 0.717) is 30.5 Å². The number of nitrogens with one attached hydrogen (secondary N) is 1. The van der Waals surface area contributed by atoms with Crippen LogP contribution in [0.25, 0.3) is 0 Å². The molecule has 3 heterocycles. The maximum absolute atomic E-state index is 12.3. The summed E-state index contributed by atoms with van der Waals surface area (Å²) in [6.07, 6.45) is 0.763. The Balaban J connectivity index is 1.53. The lowest BCUT2D eigenvalue weighted by Gasteiger charge is -2.12. The largest absolute Gasteiger partial charge is 0.355 e. The Morgan fingerprint density at radius 1 is 1.28 bits per heavy atom. The van der Waals surface area contributed by atoms with Gasteiger partial charge in [-0.05, 0) is 26.8 Å². The first kappa shape index (κ1) is 17.4. The van der Waals surface area contributed by atoms with Gasteiger partial charge in [-0.1, -0.05) is 11.3 Å². The fourth-order valence-electron chi connectivity index (χ4n) is 2.82. The van der Waals surface area contributed by atoms with Crippen LogP contribution >= 0.6 is 11.3 Å². The van der Waals surface area contributed by atoms with E-state index in [0.717, 1.165) is 16.4 Å². The lowest BCUT2D eigenvalue weighted by Crippen LogP contribution is -2.34. The molecule has 1 fully saturated rings. The smallest absolute Gasteiger partial charge is 0.229 e. The molecular weight excluding hydrogens is 340 g/mol. The molecular formula is C16H20N6O2S. The fraction of sp³-hybridized carbons (Fsp3) is 0.500. The van der Waals surface area contributed by atoms with Crippen LogP contribution in [-0.2, 0) is 16.0 Å². The molecule has 132 valence electrons. The highest BCUT2D eigenvalue weighted by Crippen LogP contribution is 2.27. The van der Waals surface area contributed by atoms with E-state index in [9.17, 15) is 9.59 Å². The zero-order chi connectivity index (χ0) is 18.0. The van der Waals surface area contributed by atoms with E-state index in [1.807, 2.05) is 26.8 Å². The third kappa shape index (κ3) is 4.16. The third-order valence-corrected chi connectivity index (χ3v) is 4.78. The van der Waals surface area contributed by atoms with Crippen LogP contribution in [0.3, 0.4) is 0 Å². The van der Waals surface area contributed by atoms with Crippen LogP contribution in [0.5, 0.6) is 0 Å². The van der Waals surface area contributed by atoms with Crippen molar-refractivity contribution in [2.75, 3.05) is 18.0 Å². The van der Waals surface area contributed by atoms with Crippen molar-refractivity contribution in [3.05, 3.63) is 28.3 Å². The molecule has 1 saturated heterocycles. The van der Waals surface area contributed by atoms with Gasteiger partial charge in [0.1, 0.15) is 10.8 Å². The van der Waals surface area contributed by atoms with Crippen molar-refractivity contribution in [3.63, 3.8) is 0 Å². The van der Waals surface area contributed by atoms with Crippen LogP contribution in [0.1, 0.15) is 28.6 Å². The molecule has 0 spiro atoms. The van der Waals surface area contributed by atoms with Gasteiger partial charge in [0.05, 0.1) is 5.92 Å². The van der Waals surface area contributed by atoms with Crippen LogP contribution in [0, 0.1) is 26.7 Å². The van der Waals surface area contributed by atoms with Crippen molar-refractivity contribution in [2.24, 2.45) is 5.92 Å². The second kappa shape index (κ2) is 7.22. The van der Waals surface area contributed by atoms with Gasteiger partial charge in [-0.3, -0.25) is 14.5 Å². The zero-order valence-corrected chi connectivity index (χ0v) is 15.3. The zero-order valence-electron chi connectivity index (χ0n) is 14.4. The molecule has 0 radical (unpaired) electrons. The number of nitrogens with zero attached hydrogens (tertiary/aromatic N) is 5. The van der Waals surface area contributed by atoms with E-state index in [4.69, 9.17) is 0 Å². The summed E-state index contributed by atoms with van der Waals surface area (Å²) >= 11 is 1.35. The molecule has 2 aromatic rings. The molecule has 8 nitrogen and oxygen atoms in total. The molecule has 0 aromatic carbocycles. The highest BCUT2D eigenvalue weighted by atomic mass is 32.1. The molecule has 25 heavy (non-hydrogen) atoms. The van der Waals surface area contributed by atoms with Gasteiger partial charge >= 0.3 is 0 Å². The van der Waals surface area contributed by atoms with Crippen molar-refractivity contribution in [1.82, 2.24) is 25.5 Å². The summed E-state index contributed by atoms with van der Waals surface area (Å²) in [6.45, 7) is 6.47. The van der Waals surface area contributed by atoms with E-state index < -0.39 is 0 Å². The summed E-state index contributed by atoms with van der Waals surface area (Å²) in [6, 6.07) is 1.91. The van der Waals surface area contributed by atoms with E-state index in [1.165, 1.54) is 11.3 Å². The Bertz CT molecular complexity index is 785. The Labute approximate surface area is 149 Å². The molecule has 0 bridgehead atoms. The lowest BCUT2D eigenvalue weighted by atomic mass is 10.1. The number of aromatic nitrogens is 4. The molecule has 0 aliphatic carbocycles. The molecule has 1 aliphatic rings. The molecule has 1 N–H and O–H groups in total. The van der Waals surface area contributed by atoms with Crippen molar-refractivity contribution in [1.29, 1.82) is 0 Å². The van der Waals surface area contributed by atoms with Crippen molar-refractivity contribution < 1.29 is 9.59 Å². The predicted molar refractivity (Wildman–Crippen MR) is 93.3 cm³/mol. The quantitative estimate of drug-likeness (QED) is 0.852. The average Bonchev–Trinajstić information content (AvgIpc) is 3.12.